The van der Waals surface area contributed by atoms with Gasteiger partial charge in [-0.05, 0) is 37.4 Å². The molecule has 2 aliphatic rings. The van der Waals surface area contributed by atoms with E-state index in [0.29, 0.717) is 6.04 Å². The fourth-order valence-corrected chi connectivity index (χ4v) is 4.56. The first kappa shape index (κ1) is 15.8. The molecule has 1 aliphatic heterocycles. The highest BCUT2D eigenvalue weighted by atomic mass is 15.1. The summed E-state index contributed by atoms with van der Waals surface area (Å²) in [6.45, 7) is 3.44. The predicted molar refractivity (Wildman–Crippen MR) is 107 cm³/mol. The van der Waals surface area contributed by atoms with Crippen molar-refractivity contribution >= 4 is 17.0 Å². The second-order valence-corrected chi connectivity index (χ2v) is 7.60. The number of nitrogens with zero attached hydrogens (tertiary/aromatic N) is 3. The second kappa shape index (κ2) is 6.73. The van der Waals surface area contributed by atoms with E-state index >= 15 is 0 Å². The molecule has 0 spiro atoms. The highest BCUT2D eigenvalue weighted by molar-refractivity contribution is 5.90. The maximum atomic E-state index is 4.64. The minimum absolute atomic E-state index is 0.591. The zero-order chi connectivity index (χ0) is 17.3. The van der Waals surface area contributed by atoms with Gasteiger partial charge in [-0.25, -0.2) is 0 Å². The molecule has 1 atom stereocenters. The van der Waals surface area contributed by atoms with Gasteiger partial charge in [-0.3, -0.25) is 9.88 Å². The Bertz CT molecular complexity index is 939. The standard InChI is InChI=1S/C23H25N3/c1-2-6-18(7-3-1)17-25-13-5-8-20(12-14-25)26-15-11-19-16-24-22-10-4-9-21(22)23(19)26/h1-4,6-7,9,11,15-16,20H,5,8,10,12-14,17H2. The average Bonchev–Trinajstić information content (AvgIpc) is 3.25. The third-order valence-corrected chi connectivity index (χ3v) is 5.90. The molecule has 1 aliphatic carbocycles. The summed E-state index contributed by atoms with van der Waals surface area (Å²) in [5.41, 5.74) is 5.39. The van der Waals surface area contributed by atoms with E-state index in [9.17, 15) is 0 Å². The Morgan fingerprint density at radius 3 is 2.88 bits per heavy atom. The van der Waals surface area contributed by atoms with Gasteiger partial charge < -0.3 is 4.57 Å². The third-order valence-electron chi connectivity index (χ3n) is 5.90. The SMILES string of the molecule is C1=Cc2c(ncc3ccn(C4CCCN(Cc5ccccc5)CC4)c23)C1. The molecule has 1 fully saturated rings. The van der Waals surface area contributed by atoms with Gasteiger partial charge in [0.05, 0.1) is 11.2 Å². The van der Waals surface area contributed by atoms with Crippen LogP contribution in [0.15, 0.2) is 54.9 Å². The van der Waals surface area contributed by atoms with Gasteiger partial charge in [0.2, 0.25) is 0 Å². The predicted octanol–water partition coefficient (Wildman–Crippen LogP) is 4.83. The molecule has 2 aromatic heterocycles. The number of aromatic nitrogens is 2. The molecule has 0 amide bonds. The van der Waals surface area contributed by atoms with E-state index in [1.165, 1.54) is 60.1 Å². The molecule has 26 heavy (non-hydrogen) atoms. The highest BCUT2D eigenvalue weighted by Gasteiger charge is 2.22. The number of hydrogen-bond donors (Lipinski definition) is 0. The lowest BCUT2D eigenvalue weighted by Crippen LogP contribution is -2.24. The lowest BCUT2D eigenvalue weighted by Gasteiger charge is -2.21. The average molecular weight is 343 g/mol. The van der Waals surface area contributed by atoms with Crippen molar-refractivity contribution in [2.75, 3.05) is 13.1 Å². The van der Waals surface area contributed by atoms with Gasteiger partial charge in [0.1, 0.15) is 0 Å². The number of fused-ring (bicyclic) bond motifs is 3. The van der Waals surface area contributed by atoms with Crippen molar-refractivity contribution in [1.29, 1.82) is 0 Å². The minimum Gasteiger partial charge on any atom is -0.344 e. The monoisotopic (exact) mass is 343 g/mol. The molecule has 3 nitrogen and oxygen atoms in total. The molecule has 1 unspecified atom stereocenters. The van der Waals surface area contributed by atoms with Gasteiger partial charge in [-0.1, -0.05) is 42.5 Å². The first-order chi connectivity index (χ1) is 12.9. The van der Waals surface area contributed by atoms with Gasteiger partial charge in [0.25, 0.3) is 0 Å². The summed E-state index contributed by atoms with van der Waals surface area (Å²) >= 11 is 0. The van der Waals surface area contributed by atoms with Gasteiger partial charge in [-0.2, -0.15) is 0 Å². The summed E-state index contributed by atoms with van der Waals surface area (Å²) in [6.07, 6.45) is 13.6. The Labute approximate surface area is 155 Å². The van der Waals surface area contributed by atoms with Crippen molar-refractivity contribution in [3.8, 4) is 0 Å². The Morgan fingerprint density at radius 1 is 1.04 bits per heavy atom. The molecule has 132 valence electrons. The molecule has 5 rings (SSSR count). The molecular formula is C23H25N3. The Hall–Kier alpha value is -2.39. The molecule has 0 bridgehead atoms. The lowest BCUT2D eigenvalue weighted by molar-refractivity contribution is 0.273. The summed E-state index contributed by atoms with van der Waals surface area (Å²) in [7, 11) is 0. The summed E-state index contributed by atoms with van der Waals surface area (Å²) in [4.78, 5) is 7.26. The van der Waals surface area contributed by atoms with Crippen LogP contribution in [0.2, 0.25) is 0 Å². The molecule has 3 heterocycles. The van der Waals surface area contributed by atoms with Crippen LogP contribution in [0, 0.1) is 0 Å². The van der Waals surface area contributed by atoms with E-state index in [-0.39, 0.29) is 0 Å². The maximum absolute atomic E-state index is 4.64. The van der Waals surface area contributed by atoms with Gasteiger partial charge in [0, 0.05) is 48.9 Å². The molecule has 0 saturated carbocycles. The van der Waals surface area contributed by atoms with E-state index in [0.717, 1.165) is 13.0 Å². The summed E-state index contributed by atoms with van der Waals surface area (Å²) in [6, 6.07) is 13.7. The van der Waals surface area contributed by atoms with Crippen molar-refractivity contribution in [3.63, 3.8) is 0 Å². The van der Waals surface area contributed by atoms with Gasteiger partial charge >= 0.3 is 0 Å². The third kappa shape index (κ3) is 2.86. The van der Waals surface area contributed by atoms with Crippen LogP contribution in [0.1, 0.15) is 42.1 Å². The first-order valence-electron chi connectivity index (χ1n) is 9.80. The van der Waals surface area contributed by atoms with Crippen LogP contribution in [0.25, 0.3) is 17.0 Å². The highest BCUT2D eigenvalue weighted by Crippen LogP contribution is 2.33. The van der Waals surface area contributed by atoms with Crippen LogP contribution >= 0.6 is 0 Å². The van der Waals surface area contributed by atoms with E-state index < -0.39 is 0 Å². The van der Waals surface area contributed by atoms with Crippen LogP contribution in [-0.2, 0) is 13.0 Å². The summed E-state index contributed by atoms with van der Waals surface area (Å²) in [5, 5.41) is 1.28. The molecule has 0 N–H and O–H groups in total. The van der Waals surface area contributed by atoms with Crippen molar-refractivity contribution in [1.82, 2.24) is 14.5 Å². The number of rotatable bonds is 3. The number of likely N-dealkylation sites (tertiary alicyclic amines) is 1. The molecular weight excluding hydrogens is 318 g/mol. The molecule has 3 aromatic rings. The van der Waals surface area contributed by atoms with E-state index in [2.05, 4.69) is 75.4 Å². The normalized spacial score (nSPS) is 20.4. The number of hydrogen-bond acceptors (Lipinski definition) is 2. The molecule has 1 aromatic carbocycles. The number of benzene rings is 1. The Balaban J connectivity index is 1.38. The van der Waals surface area contributed by atoms with Crippen molar-refractivity contribution < 1.29 is 0 Å². The zero-order valence-electron chi connectivity index (χ0n) is 15.1. The van der Waals surface area contributed by atoms with Crippen LogP contribution in [0.4, 0.5) is 0 Å². The van der Waals surface area contributed by atoms with Crippen molar-refractivity contribution in [3.05, 3.63) is 71.7 Å². The van der Waals surface area contributed by atoms with Crippen LogP contribution in [0.3, 0.4) is 0 Å². The first-order valence-corrected chi connectivity index (χ1v) is 9.80. The Kier molecular flexibility index (Phi) is 4.10. The van der Waals surface area contributed by atoms with Crippen LogP contribution in [0.5, 0.6) is 0 Å². The largest absolute Gasteiger partial charge is 0.344 e. The Morgan fingerprint density at radius 2 is 1.96 bits per heavy atom. The van der Waals surface area contributed by atoms with Crippen LogP contribution in [-0.4, -0.2) is 27.5 Å². The molecule has 0 radical (unpaired) electrons. The smallest absolute Gasteiger partial charge is 0.0590 e. The van der Waals surface area contributed by atoms with E-state index in [1.54, 1.807) is 0 Å². The fraction of sp³-hybridized carbons (Fsp3) is 0.348. The number of allylic oxidation sites excluding steroid dienone is 1. The topological polar surface area (TPSA) is 21.1 Å². The zero-order valence-corrected chi connectivity index (χ0v) is 15.1. The molecule has 1 saturated heterocycles. The van der Waals surface area contributed by atoms with Gasteiger partial charge in [-0.15, -0.1) is 0 Å². The van der Waals surface area contributed by atoms with E-state index in [1.807, 2.05) is 0 Å². The minimum atomic E-state index is 0.591. The molecule has 3 heteroatoms. The van der Waals surface area contributed by atoms with Crippen LogP contribution < -0.4 is 0 Å². The van der Waals surface area contributed by atoms with Crippen molar-refractivity contribution in [2.45, 2.75) is 38.3 Å². The second-order valence-electron chi connectivity index (χ2n) is 7.60. The number of pyridine rings is 1. The quantitative estimate of drug-likeness (QED) is 0.679. The van der Waals surface area contributed by atoms with Gasteiger partial charge in [0.15, 0.2) is 0 Å². The summed E-state index contributed by atoms with van der Waals surface area (Å²) in [5.74, 6) is 0. The van der Waals surface area contributed by atoms with E-state index in [4.69, 9.17) is 0 Å². The maximum Gasteiger partial charge on any atom is 0.0590 e. The lowest BCUT2D eigenvalue weighted by atomic mass is 10.1. The van der Waals surface area contributed by atoms with Crippen molar-refractivity contribution in [2.24, 2.45) is 0 Å². The fourth-order valence-electron chi connectivity index (χ4n) is 4.56. The summed E-state index contributed by atoms with van der Waals surface area (Å²) < 4.78 is 2.54.